The van der Waals surface area contributed by atoms with Crippen molar-refractivity contribution in [3.05, 3.63) is 60.6 Å². The number of sulfonamides is 1. The topological polar surface area (TPSA) is 105 Å². The van der Waals surface area contributed by atoms with Crippen molar-refractivity contribution in [2.24, 2.45) is 0 Å². The van der Waals surface area contributed by atoms with Gasteiger partial charge >= 0.3 is 0 Å². The van der Waals surface area contributed by atoms with Gasteiger partial charge in [0.15, 0.2) is 11.5 Å². The Kier molecular flexibility index (Phi) is 5.41. The predicted molar refractivity (Wildman–Crippen MR) is 107 cm³/mol. The molecule has 0 bridgehead atoms. The maximum atomic E-state index is 12.7. The quantitative estimate of drug-likeness (QED) is 0.690. The van der Waals surface area contributed by atoms with E-state index >= 15 is 0 Å². The number of carbonyl (C=O) groups excluding carboxylic acids is 1. The first-order valence-corrected chi connectivity index (χ1v) is 10.8. The van der Waals surface area contributed by atoms with Crippen LogP contribution in [0.1, 0.15) is 29.8 Å². The standard InChI is InChI=1S/C20H20N4O4S/c25-20(18-13-19(28-23-18)15-5-4-10-21-14-15)22-16-6-8-17(9-7-16)29(26,27)24-11-2-1-3-12-24/h4-10,13-14H,1-3,11-12H2,(H,22,25). The van der Waals surface area contributed by atoms with Crippen molar-refractivity contribution in [3.8, 4) is 11.3 Å². The summed E-state index contributed by atoms with van der Waals surface area (Å²) in [5, 5.41) is 6.48. The number of amides is 1. The van der Waals surface area contributed by atoms with Crippen molar-refractivity contribution in [1.82, 2.24) is 14.4 Å². The lowest BCUT2D eigenvalue weighted by atomic mass is 10.2. The SMILES string of the molecule is O=C(Nc1ccc(S(=O)(=O)N2CCCCC2)cc1)c1cc(-c2cccnc2)on1. The van der Waals surface area contributed by atoms with E-state index in [9.17, 15) is 13.2 Å². The van der Waals surface area contributed by atoms with Gasteiger partial charge in [-0.1, -0.05) is 11.6 Å². The van der Waals surface area contributed by atoms with Gasteiger partial charge in [-0.15, -0.1) is 0 Å². The van der Waals surface area contributed by atoms with Crippen LogP contribution in [0.2, 0.25) is 0 Å². The zero-order valence-corrected chi connectivity index (χ0v) is 16.4. The molecule has 0 unspecified atom stereocenters. The number of hydrogen-bond acceptors (Lipinski definition) is 6. The second kappa shape index (κ2) is 8.14. The molecule has 3 aromatic rings. The zero-order chi connectivity index (χ0) is 20.3. The van der Waals surface area contributed by atoms with Gasteiger partial charge in [0.1, 0.15) is 0 Å². The van der Waals surface area contributed by atoms with Gasteiger partial charge < -0.3 is 9.84 Å². The number of benzene rings is 1. The average Bonchev–Trinajstić information content (AvgIpc) is 3.26. The van der Waals surface area contributed by atoms with E-state index in [1.54, 1.807) is 36.7 Å². The van der Waals surface area contributed by atoms with Crippen LogP contribution in [0.5, 0.6) is 0 Å². The highest BCUT2D eigenvalue weighted by Crippen LogP contribution is 2.23. The van der Waals surface area contributed by atoms with Crippen molar-refractivity contribution in [2.75, 3.05) is 18.4 Å². The summed E-state index contributed by atoms with van der Waals surface area (Å²) in [6.45, 7) is 1.10. The van der Waals surface area contributed by atoms with E-state index in [1.165, 1.54) is 22.5 Å². The van der Waals surface area contributed by atoms with Crippen molar-refractivity contribution in [1.29, 1.82) is 0 Å². The Hall–Kier alpha value is -3.04. The summed E-state index contributed by atoms with van der Waals surface area (Å²) in [5.74, 6) is -0.0123. The molecule has 1 aliphatic heterocycles. The predicted octanol–water partition coefficient (Wildman–Crippen LogP) is 3.16. The van der Waals surface area contributed by atoms with Crippen molar-refractivity contribution < 1.29 is 17.7 Å². The summed E-state index contributed by atoms with van der Waals surface area (Å²) in [4.78, 5) is 16.6. The smallest absolute Gasteiger partial charge is 0.277 e. The fourth-order valence-electron chi connectivity index (χ4n) is 3.19. The Morgan fingerprint density at radius 2 is 1.83 bits per heavy atom. The van der Waals surface area contributed by atoms with E-state index in [0.717, 1.165) is 19.3 Å². The molecule has 3 heterocycles. The summed E-state index contributed by atoms with van der Waals surface area (Å²) in [5.41, 5.74) is 1.30. The molecule has 8 nitrogen and oxygen atoms in total. The molecule has 1 aromatic carbocycles. The van der Waals surface area contributed by atoms with Gasteiger partial charge in [0, 0.05) is 42.8 Å². The van der Waals surface area contributed by atoms with E-state index < -0.39 is 15.9 Å². The summed E-state index contributed by atoms with van der Waals surface area (Å²) >= 11 is 0. The highest BCUT2D eigenvalue weighted by Gasteiger charge is 2.25. The Morgan fingerprint density at radius 1 is 1.07 bits per heavy atom. The summed E-state index contributed by atoms with van der Waals surface area (Å²) in [6.07, 6.45) is 6.08. The molecule has 0 aliphatic carbocycles. The molecule has 0 atom stereocenters. The second-order valence-electron chi connectivity index (χ2n) is 6.76. The van der Waals surface area contributed by atoms with Gasteiger partial charge in [0.05, 0.1) is 4.90 Å². The maximum absolute atomic E-state index is 12.7. The summed E-state index contributed by atoms with van der Waals surface area (Å²) in [6, 6.07) is 11.2. The average molecular weight is 412 g/mol. The van der Waals surface area contributed by atoms with E-state index in [0.29, 0.717) is 30.1 Å². The number of hydrogen-bond donors (Lipinski definition) is 1. The number of nitrogens with zero attached hydrogens (tertiary/aromatic N) is 3. The molecule has 1 amide bonds. The van der Waals surface area contributed by atoms with Crippen LogP contribution < -0.4 is 5.32 Å². The molecular formula is C20H20N4O4S. The Labute approximate surface area is 168 Å². The molecule has 29 heavy (non-hydrogen) atoms. The fourth-order valence-corrected chi connectivity index (χ4v) is 4.70. The van der Waals surface area contributed by atoms with Gasteiger partial charge in [0.2, 0.25) is 10.0 Å². The van der Waals surface area contributed by atoms with Gasteiger partial charge in [-0.2, -0.15) is 4.31 Å². The normalized spacial score (nSPS) is 15.2. The third-order valence-corrected chi connectivity index (χ3v) is 6.67. The minimum Gasteiger partial charge on any atom is -0.355 e. The Bertz CT molecular complexity index is 1090. The first kappa shape index (κ1) is 19.3. The first-order chi connectivity index (χ1) is 14.0. The molecule has 4 rings (SSSR count). The highest BCUT2D eigenvalue weighted by molar-refractivity contribution is 7.89. The van der Waals surface area contributed by atoms with E-state index in [4.69, 9.17) is 4.52 Å². The third kappa shape index (κ3) is 4.20. The molecule has 150 valence electrons. The minimum absolute atomic E-state index is 0.119. The van der Waals surface area contributed by atoms with E-state index in [1.807, 2.05) is 0 Å². The monoisotopic (exact) mass is 412 g/mol. The van der Waals surface area contributed by atoms with E-state index in [2.05, 4.69) is 15.5 Å². The number of piperidine rings is 1. The molecule has 1 saturated heterocycles. The lowest BCUT2D eigenvalue weighted by Gasteiger charge is -2.25. The molecule has 2 aromatic heterocycles. The van der Waals surface area contributed by atoms with Crippen LogP contribution in [-0.2, 0) is 10.0 Å². The number of nitrogens with one attached hydrogen (secondary N) is 1. The molecular weight excluding hydrogens is 392 g/mol. The second-order valence-corrected chi connectivity index (χ2v) is 8.70. The van der Waals surface area contributed by atoms with Crippen molar-refractivity contribution in [3.63, 3.8) is 0 Å². The summed E-state index contributed by atoms with van der Waals surface area (Å²) in [7, 11) is -3.50. The van der Waals surface area contributed by atoms with E-state index in [-0.39, 0.29) is 10.6 Å². The molecule has 9 heteroatoms. The number of carbonyl (C=O) groups is 1. The maximum Gasteiger partial charge on any atom is 0.277 e. The lowest BCUT2D eigenvalue weighted by molar-refractivity contribution is 0.101. The number of rotatable bonds is 5. The van der Waals surface area contributed by atoms with Crippen molar-refractivity contribution >= 4 is 21.6 Å². The van der Waals surface area contributed by atoms with Crippen LogP contribution >= 0.6 is 0 Å². The van der Waals surface area contributed by atoms with Gasteiger partial charge in [-0.3, -0.25) is 9.78 Å². The largest absolute Gasteiger partial charge is 0.355 e. The third-order valence-electron chi connectivity index (χ3n) is 4.75. The summed E-state index contributed by atoms with van der Waals surface area (Å²) < 4.78 is 32.1. The number of aromatic nitrogens is 2. The Morgan fingerprint density at radius 3 is 2.52 bits per heavy atom. The van der Waals surface area contributed by atoms with Gasteiger partial charge in [0.25, 0.3) is 5.91 Å². The zero-order valence-electron chi connectivity index (χ0n) is 15.6. The number of pyridine rings is 1. The molecule has 1 fully saturated rings. The molecule has 1 aliphatic rings. The van der Waals surface area contributed by atoms with Crippen LogP contribution in [0.4, 0.5) is 5.69 Å². The first-order valence-electron chi connectivity index (χ1n) is 9.33. The molecule has 0 spiro atoms. The highest BCUT2D eigenvalue weighted by atomic mass is 32.2. The van der Waals surface area contributed by atoms with Crippen molar-refractivity contribution in [2.45, 2.75) is 24.2 Å². The van der Waals surface area contributed by atoms with Crippen LogP contribution in [-0.4, -0.2) is 41.9 Å². The van der Waals surface area contributed by atoms with Crippen LogP contribution in [0.3, 0.4) is 0 Å². The van der Waals surface area contributed by atoms with Crippen LogP contribution in [0.15, 0.2) is 64.3 Å². The lowest BCUT2D eigenvalue weighted by Crippen LogP contribution is -2.35. The van der Waals surface area contributed by atoms with Gasteiger partial charge in [-0.05, 0) is 49.2 Å². The van der Waals surface area contributed by atoms with Gasteiger partial charge in [-0.25, -0.2) is 8.42 Å². The number of anilines is 1. The van der Waals surface area contributed by atoms with Crippen LogP contribution in [0, 0.1) is 0 Å². The van der Waals surface area contributed by atoms with Crippen LogP contribution in [0.25, 0.3) is 11.3 Å². The molecule has 0 radical (unpaired) electrons. The fraction of sp³-hybridized carbons (Fsp3) is 0.250. The molecule has 0 saturated carbocycles. The molecule has 1 N–H and O–H groups in total. The minimum atomic E-state index is -3.50. The Balaban J connectivity index is 1.45.